The van der Waals surface area contributed by atoms with E-state index in [2.05, 4.69) is 31.2 Å². The van der Waals surface area contributed by atoms with Gasteiger partial charge in [-0.15, -0.1) is 11.3 Å². The molecule has 0 aliphatic carbocycles. The van der Waals surface area contributed by atoms with Gasteiger partial charge in [0.25, 0.3) is 0 Å². The summed E-state index contributed by atoms with van der Waals surface area (Å²) in [6.45, 7) is 2.31. The summed E-state index contributed by atoms with van der Waals surface area (Å²) >= 11 is 4.56. The van der Waals surface area contributed by atoms with Crippen molar-refractivity contribution in [1.29, 1.82) is 0 Å². The Labute approximate surface area is 128 Å². The van der Waals surface area contributed by atoms with Gasteiger partial charge in [-0.3, -0.25) is 9.80 Å². The molecule has 110 valence electrons. The first kappa shape index (κ1) is 15.4. The minimum Gasteiger partial charge on any atom is -0.372 e. The van der Waals surface area contributed by atoms with Crippen LogP contribution < -0.4 is 11.3 Å². The topological polar surface area (TPSA) is 97.5 Å². The Kier molecular flexibility index (Phi) is 4.74. The van der Waals surface area contributed by atoms with Crippen LogP contribution in [0.1, 0.15) is 31.2 Å². The molecular formula is C11H15BrN4O3S. The van der Waals surface area contributed by atoms with E-state index in [1.807, 2.05) is 0 Å². The number of amides is 1. The van der Waals surface area contributed by atoms with Gasteiger partial charge in [-0.05, 0) is 28.8 Å². The minimum absolute atomic E-state index is 0.0884. The first-order chi connectivity index (χ1) is 9.53. The first-order valence-electron chi connectivity index (χ1n) is 6.14. The number of nitrogens with one attached hydrogen (secondary N) is 1. The molecule has 1 atom stereocenters. The second-order valence-corrected chi connectivity index (χ2v) is 6.07. The van der Waals surface area contributed by atoms with Gasteiger partial charge in [-0.25, -0.2) is 15.2 Å². The van der Waals surface area contributed by atoms with Crippen LogP contribution in [0.5, 0.6) is 0 Å². The largest absolute Gasteiger partial charge is 0.372 e. The molecule has 9 heteroatoms. The Hall–Kier alpha value is -1.03. The lowest BCUT2D eigenvalue weighted by Crippen LogP contribution is -2.62. The SMILES string of the molecule is CCC(=O)N1CCCC(C(=O)ON)(c2nc(Br)cs2)N1. The Morgan fingerprint density at radius 3 is 3.00 bits per heavy atom. The molecule has 0 spiro atoms. The molecule has 0 radical (unpaired) electrons. The standard InChI is InChI=1S/C11H15BrN4O3S/c1-2-8(17)16-5-3-4-11(15-16,10(18)19-13)9-14-7(12)6-20-9/h6,15H,2-5,13H2,1H3. The van der Waals surface area contributed by atoms with E-state index < -0.39 is 11.5 Å². The van der Waals surface area contributed by atoms with Gasteiger partial charge in [-0.2, -0.15) is 5.90 Å². The predicted octanol–water partition coefficient (Wildman–Crippen LogP) is 1.05. The lowest BCUT2D eigenvalue weighted by Gasteiger charge is -2.40. The van der Waals surface area contributed by atoms with Gasteiger partial charge >= 0.3 is 5.97 Å². The summed E-state index contributed by atoms with van der Waals surface area (Å²) in [4.78, 5) is 32.7. The monoisotopic (exact) mass is 362 g/mol. The number of hydrogen-bond acceptors (Lipinski definition) is 7. The lowest BCUT2D eigenvalue weighted by molar-refractivity contribution is -0.161. The van der Waals surface area contributed by atoms with Gasteiger partial charge in [0.15, 0.2) is 5.54 Å². The molecule has 0 aromatic carbocycles. The molecule has 20 heavy (non-hydrogen) atoms. The normalized spacial score (nSPS) is 22.6. The minimum atomic E-state index is -1.20. The number of rotatable bonds is 3. The maximum absolute atomic E-state index is 12.2. The van der Waals surface area contributed by atoms with Crippen LogP contribution in [0, 0.1) is 0 Å². The molecule has 1 saturated heterocycles. The molecule has 0 saturated carbocycles. The first-order valence-corrected chi connectivity index (χ1v) is 7.81. The van der Waals surface area contributed by atoms with Crippen LogP contribution in [0.3, 0.4) is 0 Å². The van der Waals surface area contributed by atoms with Crippen LogP contribution >= 0.6 is 27.3 Å². The van der Waals surface area contributed by atoms with E-state index in [1.54, 1.807) is 12.3 Å². The van der Waals surface area contributed by atoms with Crippen molar-refractivity contribution in [3.8, 4) is 0 Å². The van der Waals surface area contributed by atoms with E-state index >= 15 is 0 Å². The van der Waals surface area contributed by atoms with E-state index in [-0.39, 0.29) is 5.91 Å². The third kappa shape index (κ3) is 2.71. The van der Waals surface area contributed by atoms with E-state index in [9.17, 15) is 9.59 Å². The summed E-state index contributed by atoms with van der Waals surface area (Å²) in [6, 6.07) is 0. The average Bonchev–Trinajstić information content (AvgIpc) is 2.92. The molecule has 1 aromatic heterocycles. The number of thiazole rings is 1. The molecule has 3 N–H and O–H groups in total. The van der Waals surface area contributed by atoms with Crippen molar-refractivity contribution in [1.82, 2.24) is 15.4 Å². The number of carbonyl (C=O) groups is 2. The van der Waals surface area contributed by atoms with Crippen molar-refractivity contribution >= 4 is 39.1 Å². The maximum Gasteiger partial charge on any atom is 0.353 e. The highest BCUT2D eigenvalue weighted by atomic mass is 79.9. The highest BCUT2D eigenvalue weighted by molar-refractivity contribution is 9.10. The van der Waals surface area contributed by atoms with Crippen LogP contribution in [-0.2, 0) is 20.0 Å². The smallest absolute Gasteiger partial charge is 0.353 e. The van der Waals surface area contributed by atoms with Crippen LogP contribution in [-0.4, -0.2) is 28.4 Å². The highest BCUT2D eigenvalue weighted by Gasteiger charge is 2.48. The fraction of sp³-hybridized carbons (Fsp3) is 0.545. The van der Waals surface area contributed by atoms with Crippen molar-refractivity contribution in [3.63, 3.8) is 0 Å². The van der Waals surface area contributed by atoms with E-state index in [1.165, 1.54) is 16.3 Å². The Morgan fingerprint density at radius 2 is 2.45 bits per heavy atom. The van der Waals surface area contributed by atoms with Gasteiger partial charge in [0, 0.05) is 18.3 Å². The van der Waals surface area contributed by atoms with Crippen LogP contribution in [0.15, 0.2) is 9.98 Å². The number of carbonyl (C=O) groups excluding carboxylic acids is 2. The summed E-state index contributed by atoms with van der Waals surface area (Å²) in [7, 11) is 0. The van der Waals surface area contributed by atoms with Crippen LogP contribution in [0.2, 0.25) is 0 Å². The number of aromatic nitrogens is 1. The Balaban J connectivity index is 2.37. The van der Waals surface area contributed by atoms with Crippen molar-refractivity contribution in [2.75, 3.05) is 6.54 Å². The molecule has 2 rings (SSSR count). The molecule has 7 nitrogen and oxygen atoms in total. The number of nitrogens with zero attached hydrogens (tertiary/aromatic N) is 2. The lowest BCUT2D eigenvalue weighted by atomic mass is 9.93. The molecular weight excluding hydrogens is 348 g/mol. The maximum atomic E-state index is 12.2. The number of halogens is 1. The number of nitrogens with two attached hydrogens (primary N) is 1. The third-order valence-corrected chi connectivity index (χ3v) is 4.87. The highest BCUT2D eigenvalue weighted by Crippen LogP contribution is 2.34. The average molecular weight is 363 g/mol. The molecule has 2 heterocycles. The zero-order chi connectivity index (χ0) is 14.8. The van der Waals surface area contributed by atoms with Gasteiger partial charge < -0.3 is 4.84 Å². The summed E-state index contributed by atoms with van der Waals surface area (Å²) < 4.78 is 0.627. The van der Waals surface area contributed by atoms with E-state index in [0.717, 1.165) is 0 Å². The van der Waals surface area contributed by atoms with Gasteiger partial charge in [-0.1, -0.05) is 6.92 Å². The second-order valence-electron chi connectivity index (χ2n) is 4.40. The van der Waals surface area contributed by atoms with Crippen LogP contribution in [0.4, 0.5) is 0 Å². The van der Waals surface area contributed by atoms with Crippen molar-refractivity contribution in [3.05, 3.63) is 15.0 Å². The van der Waals surface area contributed by atoms with E-state index in [0.29, 0.717) is 35.4 Å². The predicted molar refractivity (Wildman–Crippen MR) is 76.1 cm³/mol. The second kappa shape index (κ2) is 6.17. The molecule has 1 aliphatic rings. The van der Waals surface area contributed by atoms with Crippen molar-refractivity contribution in [2.24, 2.45) is 5.90 Å². The van der Waals surface area contributed by atoms with Crippen molar-refractivity contribution < 1.29 is 14.4 Å². The zero-order valence-electron chi connectivity index (χ0n) is 10.9. The zero-order valence-corrected chi connectivity index (χ0v) is 13.3. The molecule has 0 bridgehead atoms. The quantitative estimate of drug-likeness (QED) is 0.780. The fourth-order valence-corrected chi connectivity index (χ4v) is 3.58. The molecule has 1 unspecified atom stereocenters. The summed E-state index contributed by atoms with van der Waals surface area (Å²) in [5, 5.41) is 3.73. The number of hydrogen-bond donors (Lipinski definition) is 2. The summed E-state index contributed by atoms with van der Waals surface area (Å²) in [5.74, 6) is 4.32. The van der Waals surface area contributed by atoms with Gasteiger partial charge in [0.2, 0.25) is 5.91 Å². The third-order valence-electron chi connectivity index (χ3n) is 3.16. The van der Waals surface area contributed by atoms with Crippen LogP contribution in [0.25, 0.3) is 0 Å². The Bertz CT molecular complexity index is 524. The Morgan fingerprint density at radius 1 is 1.70 bits per heavy atom. The van der Waals surface area contributed by atoms with Crippen molar-refractivity contribution in [2.45, 2.75) is 31.7 Å². The van der Waals surface area contributed by atoms with E-state index in [4.69, 9.17) is 5.90 Å². The summed E-state index contributed by atoms with van der Waals surface area (Å²) in [6.07, 6.45) is 1.48. The summed E-state index contributed by atoms with van der Waals surface area (Å²) in [5.41, 5.74) is 1.75. The molecule has 1 amide bonds. The molecule has 1 aromatic rings. The molecule has 1 aliphatic heterocycles. The number of hydrazine groups is 1. The van der Waals surface area contributed by atoms with Gasteiger partial charge in [0.1, 0.15) is 9.61 Å². The fourth-order valence-electron chi connectivity index (χ4n) is 2.16. The van der Waals surface area contributed by atoms with Gasteiger partial charge in [0.05, 0.1) is 0 Å². The molecule has 1 fully saturated rings.